The molecule has 2 rings (SSSR count). The minimum absolute atomic E-state index is 0.461. The number of piperidine rings is 1. The summed E-state index contributed by atoms with van der Waals surface area (Å²) in [4.78, 5) is 10.8. The van der Waals surface area contributed by atoms with Crippen molar-refractivity contribution < 1.29 is 0 Å². The first-order valence-electron chi connectivity index (χ1n) is 5.30. The van der Waals surface area contributed by atoms with Crippen LogP contribution in [0, 0.1) is 18.3 Å². The molecule has 15 heavy (non-hydrogen) atoms. The largest absolute Gasteiger partial charge is 0.341 e. The maximum absolute atomic E-state index is 8.83. The molecule has 1 saturated heterocycles. The lowest BCUT2D eigenvalue weighted by Gasteiger charge is -2.26. The average Bonchev–Trinajstić information content (AvgIpc) is 2.29. The summed E-state index contributed by atoms with van der Waals surface area (Å²) in [6.45, 7) is 3.92. The Morgan fingerprint density at radius 1 is 1.27 bits per heavy atom. The summed E-state index contributed by atoms with van der Waals surface area (Å²) in [6, 6.07) is 3.79. The van der Waals surface area contributed by atoms with E-state index in [0.717, 1.165) is 18.8 Å². The van der Waals surface area contributed by atoms with Crippen molar-refractivity contribution in [1.29, 1.82) is 5.26 Å². The number of nitrogens with zero attached hydrogens (tertiary/aromatic N) is 4. The van der Waals surface area contributed by atoms with E-state index in [0.29, 0.717) is 11.6 Å². The molecule has 0 unspecified atom stereocenters. The Bertz CT molecular complexity index is 388. The maximum atomic E-state index is 8.83. The number of anilines is 1. The third-order valence-corrected chi connectivity index (χ3v) is 2.60. The Hall–Kier alpha value is -1.63. The molecule has 78 valence electrons. The molecule has 2 heterocycles. The van der Waals surface area contributed by atoms with Crippen molar-refractivity contribution in [3.63, 3.8) is 0 Å². The highest BCUT2D eigenvalue weighted by atomic mass is 15.3. The first-order valence-corrected chi connectivity index (χ1v) is 5.30. The summed E-state index contributed by atoms with van der Waals surface area (Å²) >= 11 is 0. The van der Waals surface area contributed by atoms with E-state index in [1.807, 2.05) is 6.92 Å². The van der Waals surface area contributed by atoms with Crippen LogP contribution in [-0.4, -0.2) is 23.1 Å². The average molecular weight is 202 g/mol. The molecule has 0 aromatic carbocycles. The zero-order valence-corrected chi connectivity index (χ0v) is 8.90. The summed E-state index contributed by atoms with van der Waals surface area (Å²) in [7, 11) is 0. The van der Waals surface area contributed by atoms with Crippen LogP contribution in [0.15, 0.2) is 6.07 Å². The molecule has 4 nitrogen and oxygen atoms in total. The molecule has 0 N–H and O–H groups in total. The van der Waals surface area contributed by atoms with Crippen LogP contribution in [0.5, 0.6) is 0 Å². The number of aryl methyl sites for hydroxylation is 1. The van der Waals surface area contributed by atoms with Gasteiger partial charge in [0.15, 0.2) is 0 Å². The summed E-state index contributed by atoms with van der Waals surface area (Å²) < 4.78 is 0. The lowest BCUT2D eigenvalue weighted by atomic mass is 10.1. The van der Waals surface area contributed by atoms with E-state index in [1.165, 1.54) is 19.3 Å². The fourth-order valence-corrected chi connectivity index (χ4v) is 1.85. The molecule has 1 aliphatic rings. The number of rotatable bonds is 1. The van der Waals surface area contributed by atoms with Gasteiger partial charge < -0.3 is 4.90 Å². The quantitative estimate of drug-likeness (QED) is 0.694. The minimum atomic E-state index is 0.461. The van der Waals surface area contributed by atoms with Crippen molar-refractivity contribution in [2.45, 2.75) is 26.2 Å². The van der Waals surface area contributed by atoms with Crippen molar-refractivity contribution in [3.05, 3.63) is 17.5 Å². The summed E-state index contributed by atoms with van der Waals surface area (Å²) in [5, 5.41) is 8.83. The van der Waals surface area contributed by atoms with Gasteiger partial charge in [-0.05, 0) is 32.3 Å². The van der Waals surface area contributed by atoms with Crippen LogP contribution in [0.2, 0.25) is 0 Å². The molecule has 4 heteroatoms. The molecule has 0 amide bonds. The van der Waals surface area contributed by atoms with Crippen LogP contribution in [0.1, 0.15) is 30.7 Å². The first kappa shape index (κ1) is 9.91. The van der Waals surface area contributed by atoms with Crippen molar-refractivity contribution >= 4 is 5.95 Å². The number of hydrogen-bond acceptors (Lipinski definition) is 4. The highest BCUT2D eigenvalue weighted by Crippen LogP contribution is 2.16. The monoisotopic (exact) mass is 202 g/mol. The Balaban J connectivity index is 2.27. The minimum Gasteiger partial charge on any atom is -0.341 e. The third kappa shape index (κ3) is 2.24. The first-order chi connectivity index (χ1) is 7.29. The molecule has 0 spiro atoms. The fourth-order valence-electron chi connectivity index (χ4n) is 1.85. The van der Waals surface area contributed by atoms with Gasteiger partial charge in [0.05, 0.1) is 0 Å². The number of nitriles is 1. The highest BCUT2D eigenvalue weighted by Gasteiger charge is 2.14. The molecule has 1 aromatic rings. The van der Waals surface area contributed by atoms with Gasteiger partial charge in [-0.15, -0.1) is 0 Å². The Morgan fingerprint density at radius 3 is 2.67 bits per heavy atom. The van der Waals surface area contributed by atoms with Gasteiger partial charge in [-0.2, -0.15) is 5.26 Å². The smallest absolute Gasteiger partial charge is 0.226 e. The Kier molecular flexibility index (Phi) is 2.82. The third-order valence-electron chi connectivity index (χ3n) is 2.60. The van der Waals surface area contributed by atoms with Crippen molar-refractivity contribution in [2.75, 3.05) is 18.0 Å². The normalized spacial score (nSPS) is 16.1. The van der Waals surface area contributed by atoms with Crippen molar-refractivity contribution in [2.24, 2.45) is 0 Å². The molecular formula is C11H14N4. The molecule has 0 atom stereocenters. The van der Waals surface area contributed by atoms with Gasteiger partial charge in [-0.25, -0.2) is 9.97 Å². The van der Waals surface area contributed by atoms with E-state index >= 15 is 0 Å². The zero-order valence-electron chi connectivity index (χ0n) is 8.90. The second-order valence-corrected chi connectivity index (χ2v) is 3.85. The highest BCUT2D eigenvalue weighted by molar-refractivity contribution is 5.36. The molecule has 1 aromatic heterocycles. The molecule has 0 bridgehead atoms. The molecule has 0 aliphatic carbocycles. The van der Waals surface area contributed by atoms with Gasteiger partial charge in [0.25, 0.3) is 0 Å². The van der Waals surface area contributed by atoms with E-state index in [9.17, 15) is 0 Å². The van der Waals surface area contributed by atoms with Gasteiger partial charge in [0.1, 0.15) is 11.8 Å². The van der Waals surface area contributed by atoms with Crippen LogP contribution in [0.3, 0.4) is 0 Å². The van der Waals surface area contributed by atoms with Gasteiger partial charge in [0.2, 0.25) is 5.95 Å². The Morgan fingerprint density at radius 2 is 2.00 bits per heavy atom. The van der Waals surface area contributed by atoms with E-state index < -0.39 is 0 Å². The molecular weight excluding hydrogens is 188 g/mol. The predicted octanol–water partition coefficient (Wildman–Crippen LogP) is 1.65. The number of aromatic nitrogens is 2. The van der Waals surface area contributed by atoms with Crippen LogP contribution >= 0.6 is 0 Å². The topological polar surface area (TPSA) is 52.8 Å². The van der Waals surface area contributed by atoms with E-state index in [1.54, 1.807) is 6.07 Å². The van der Waals surface area contributed by atoms with E-state index in [2.05, 4.69) is 20.9 Å². The lowest BCUT2D eigenvalue weighted by molar-refractivity contribution is 0.567. The maximum Gasteiger partial charge on any atom is 0.226 e. The van der Waals surface area contributed by atoms with Gasteiger partial charge in [0, 0.05) is 18.8 Å². The summed E-state index contributed by atoms with van der Waals surface area (Å²) in [5.74, 6) is 0.714. The second kappa shape index (κ2) is 4.26. The molecule has 1 aliphatic heterocycles. The molecule has 0 saturated carbocycles. The second-order valence-electron chi connectivity index (χ2n) is 3.85. The zero-order chi connectivity index (χ0) is 10.7. The van der Waals surface area contributed by atoms with Crippen LogP contribution in [0.25, 0.3) is 0 Å². The van der Waals surface area contributed by atoms with E-state index in [4.69, 9.17) is 5.26 Å². The predicted molar refractivity (Wildman–Crippen MR) is 57.5 cm³/mol. The van der Waals surface area contributed by atoms with Crippen LogP contribution in [-0.2, 0) is 0 Å². The molecule has 0 radical (unpaired) electrons. The van der Waals surface area contributed by atoms with Gasteiger partial charge in [-0.1, -0.05) is 0 Å². The standard InChI is InChI=1S/C11H14N4/c1-9-7-10(8-12)14-11(13-9)15-5-3-2-4-6-15/h7H,2-6H2,1H3. The van der Waals surface area contributed by atoms with Crippen molar-refractivity contribution in [1.82, 2.24) is 9.97 Å². The van der Waals surface area contributed by atoms with E-state index in [-0.39, 0.29) is 0 Å². The van der Waals surface area contributed by atoms with Crippen LogP contribution < -0.4 is 4.90 Å². The fraction of sp³-hybridized carbons (Fsp3) is 0.545. The lowest BCUT2D eigenvalue weighted by Crippen LogP contribution is -2.31. The van der Waals surface area contributed by atoms with Gasteiger partial charge >= 0.3 is 0 Å². The summed E-state index contributed by atoms with van der Waals surface area (Å²) in [6.07, 6.45) is 3.67. The SMILES string of the molecule is Cc1cc(C#N)nc(N2CCCCC2)n1. The Labute approximate surface area is 89.6 Å². The van der Waals surface area contributed by atoms with Crippen LogP contribution in [0.4, 0.5) is 5.95 Å². The molecule has 1 fully saturated rings. The van der Waals surface area contributed by atoms with Gasteiger partial charge in [-0.3, -0.25) is 0 Å². The summed E-state index contributed by atoms with van der Waals surface area (Å²) in [5.41, 5.74) is 1.32. The number of hydrogen-bond donors (Lipinski definition) is 0. The van der Waals surface area contributed by atoms with Crippen molar-refractivity contribution in [3.8, 4) is 6.07 Å².